The van der Waals surface area contributed by atoms with Crippen molar-refractivity contribution in [2.24, 2.45) is 0 Å². The van der Waals surface area contributed by atoms with Crippen molar-refractivity contribution in [1.82, 2.24) is 0 Å². The molecule has 0 fully saturated rings. The monoisotopic (exact) mass is 400 g/mol. The predicted octanol–water partition coefficient (Wildman–Crippen LogP) is 6.86. The van der Waals surface area contributed by atoms with Gasteiger partial charge in [-0.3, -0.25) is 0 Å². The van der Waals surface area contributed by atoms with Crippen molar-refractivity contribution < 1.29 is 4.74 Å². The molecule has 0 bridgehead atoms. The van der Waals surface area contributed by atoms with E-state index in [4.69, 9.17) is 4.74 Å². The van der Waals surface area contributed by atoms with E-state index in [1.54, 1.807) is 0 Å². The first-order valence-corrected chi connectivity index (χ1v) is 11.1. The van der Waals surface area contributed by atoms with Gasteiger partial charge in [-0.2, -0.15) is 0 Å². The number of hydrogen-bond acceptors (Lipinski definition) is 2. The Hall–Kier alpha value is -2.74. The van der Waals surface area contributed by atoms with E-state index in [1.807, 2.05) is 30.3 Å². The Morgan fingerprint density at radius 1 is 0.833 bits per heavy atom. The molecule has 3 aromatic rings. The van der Waals surface area contributed by atoms with Gasteiger partial charge in [0.25, 0.3) is 0 Å². The van der Waals surface area contributed by atoms with Gasteiger partial charge in [0.1, 0.15) is 12.4 Å². The lowest BCUT2D eigenvalue weighted by atomic mass is 10.0. The predicted molar refractivity (Wildman–Crippen MR) is 127 cm³/mol. The van der Waals surface area contributed by atoms with Crippen LogP contribution in [0, 0.1) is 6.07 Å². The van der Waals surface area contributed by atoms with E-state index in [9.17, 15) is 0 Å². The third-order valence-corrected chi connectivity index (χ3v) is 5.38. The maximum atomic E-state index is 6.10. The van der Waals surface area contributed by atoms with Gasteiger partial charge in [0.2, 0.25) is 0 Å². The highest BCUT2D eigenvalue weighted by Gasteiger charge is 2.14. The van der Waals surface area contributed by atoms with Gasteiger partial charge >= 0.3 is 0 Å². The molecule has 0 aliphatic heterocycles. The standard InChI is InChI=1S/C28H34NO/c1-22(2)29(23(3)4)27-18-11-15-24(20-27)14-10-17-26-16-8-9-19-28(26)30-21-25-12-6-5-7-13-25/h5-7,9,11-13,15-16,18-20,22-23H,10,14,17,21H2,1-4H3. The summed E-state index contributed by atoms with van der Waals surface area (Å²) >= 11 is 0. The zero-order valence-electron chi connectivity index (χ0n) is 18.8. The minimum absolute atomic E-state index is 0.490. The largest absolute Gasteiger partial charge is 0.489 e. The van der Waals surface area contributed by atoms with Crippen molar-refractivity contribution in [1.29, 1.82) is 0 Å². The van der Waals surface area contributed by atoms with Gasteiger partial charge < -0.3 is 9.64 Å². The molecule has 0 amide bonds. The second kappa shape index (κ2) is 10.9. The summed E-state index contributed by atoms with van der Waals surface area (Å²) in [4.78, 5) is 2.48. The SMILES string of the molecule is CC(C)N(c1cccc(CCCc2c[c]ccc2OCc2ccccc2)c1)C(C)C. The molecular weight excluding hydrogens is 366 g/mol. The average molecular weight is 401 g/mol. The average Bonchev–Trinajstić information content (AvgIpc) is 2.74. The Balaban J connectivity index is 1.60. The molecular formula is C28H34NO. The lowest BCUT2D eigenvalue weighted by molar-refractivity contribution is 0.302. The minimum Gasteiger partial charge on any atom is -0.489 e. The number of aryl methyl sites for hydroxylation is 2. The van der Waals surface area contributed by atoms with Crippen molar-refractivity contribution in [2.45, 2.75) is 65.6 Å². The van der Waals surface area contributed by atoms with Crippen molar-refractivity contribution >= 4 is 5.69 Å². The van der Waals surface area contributed by atoms with Crippen molar-refractivity contribution in [3.63, 3.8) is 0 Å². The number of nitrogens with zero attached hydrogens (tertiary/aromatic N) is 1. The van der Waals surface area contributed by atoms with Crippen LogP contribution in [0.2, 0.25) is 0 Å². The Morgan fingerprint density at radius 3 is 2.30 bits per heavy atom. The summed E-state index contributed by atoms with van der Waals surface area (Å²) in [7, 11) is 0. The van der Waals surface area contributed by atoms with Crippen LogP contribution in [0.5, 0.6) is 5.75 Å². The fourth-order valence-electron chi connectivity index (χ4n) is 4.07. The highest BCUT2D eigenvalue weighted by molar-refractivity contribution is 5.50. The maximum Gasteiger partial charge on any atom is 0.123 e. The fraction of sp³-hybridized carbons (Fsp3) is 0.357. The Bertz CT molecular complexity index is 893. The molecule has 0 heterocycles. The highest BCUT2D eigenvalue weighted by Crippen LogP contribution is 2.24. The van der Waals surface area contributed by atoms with Gasteiger partial charge in [-0.15, -0.1) is 0 Å². The zero-order valence-corrected chi connectivity index (χ0v) is 18.8. The van der Waals surface area contributed by atoms with Crippen molar-refractivity contribution in [2.75, 3.05) is 4.90 Å². The summed E-state index contributed by atoms with van der Waals surface area (Å²) in [6, 6.07) is 29.5. The Labute approximate surface area is 182 Å². The van der Waals surface area contributed by atoms with Crippen LogP contribution in [-0.2, 0) is 19.4 Å². The second-order valence-electron chi connectivity index (χ2n) is 8.43. The smallest absolute Gasteiger partial charge is 0.123 e. The number of ether oxygens (including phenoxy) is 1. The Kier molecular flexibility index (Phi) is 7.96. The lowest BCUT2D eigenvalue weighted by Crippen LogP contribution is -2.36. The summed E-state index contributed by atoms with van der Waals surface area (Å²) in [6.45, 7) is 9.64. The number of rotatable bonds is 10. The summed E-state index contributed by atoms with van der Waals surface area (Å²) in [5.74, 6) is 0.970. The topological polar surface area (TPSA) is 12.5 Å². The van der Waals surface area contributed by atoms with Crippen LogP contribution < -0.4 is 9.64 Å². The highest BCUT2D eigenvalue weighted by atomic mass is 16.5. The molecule has 0 aliphatic rings. The first-order valence-electron chi connectivity index (χ1n) is 11.1. The van der Waals surface area contributed by atoms with Crippen LogP contribution in [-0.4, -0.2) is 12.1 Å². The summed E-state index contributed by atoms with van der Waals surface area (Å²) in [6.07, 6.45) is 3.14. The van der Waals surface area contributed by atoms with Gasteiger partial charge in [0.15, 0.2) is 0 Å². The van der Waals surface area contributed by atoms with E-state index < -0.39 is 0 Å². The van der Waals surface area contributed by atoms with Crippen LogP contribution >= 0.6 is 0 Å². The molecule has 30 heavy (non-hydrogen) atoms. The number of benzene rings is 3. The molecule has 3 rings (SSSR count). The van der Waals surface area contributed by atoms with Gasteiger partial charge in [-0.25, -0.2) is 0 Å². The van der Waals surface area contributed by atoms with Crippen LogP contribution in [0.4, 0.5) is 5.69 Å². The van der Waals surface area contributed by atoms with Gasteiger partial charge in [0.05, 0.1) is 0 Å². The van der Waals surface area contributed by atoms with Gasteiger partial charge in [-0.05, 0) is 94.0 Å². The normalized spacial score (nSPS) is 11.1. The van der Waals surface area contributed by atoms with Crippen molar-refractivity contribution in [3.05, 3.63) is 95.6 Å². The molecule has 0 spiro atoms. The first-order chi connectivity index (χ1) is 14.5. The van der Waals surface area contributed by atoms with E-state index in [2.05, 4.69) is 81.1 Å². The second-order valence-corrected chi connectivity index (χ2v) is 8.43. The molecule has 0 unspecified atom stereocenters. The molecule has 0 atom stereocenters. The summed E-state index contributed by atoms with van der Waals surface area (Å²) in [5.41, 5.74) is 5.13. The number of anilines is 1. The van der Waals surface area contributed by atoms with E-state index in [1.165, 1.54) is 22.4 Å². The fourth-order valence-corrected chi connectivity index (χ4v) is 4.07. The molecule has 3 aromatic carbocycles. The third-order valence-electron chi connectivity index (χ3n) is 5.38. The van der Waals surface area contributed by atoms with Gasteiger partial charge in [0, 0.05) is 17.8 Å². The maximum absolute atomic E-state index is 6.10. The Morgan fingerprint density at radius 2 is 1.57 bits per heavy atom. The molecule has 0 saturated heterocycles. The van der Waals surface area contributed by atoms with Crippen LogP contribution in [0.1, 0.15) is 50.8 Å². The molecule has 0 saturated carbocycles. The molecule has 0 N–H and O–H groups in total. The lowest BCUT2D eigenvalue weighted by Gasteiger charge is -2.33. The number of hydrogen-bond donors (Lipinski definition) is 0. The van der Waals surface area contributed by atoms with Gasteiger partial charge in [-0.1, -0.05) is 48.5 Å². The zero-order chi connectivity index (χ0) is 21.3. The molecule has 2 nitrogen and oxygen atoms in total. The molecule has 1 radical (unpaired) electrons. The van der Waals surface area contributed by atoms with E-state index in [0.29, 0.717) is 18.7 Å². The van der Waals surface area contributed by atoms with Crippen LogP contribution in [0.25, 0.3) is 0 Å². The summed E-state index contributed by atoms with van der Waals surface area (Å²) < 4.78 is 6.10. The molecule has 0 aromatic heterocycles. The van der Waals surface area contributed by atoms with E-state index >= 15 is 0 Å². The molecule has 2 heteroatoms. The van der Waals surface area contributed by atoms with Crippen LogP contribution in [0.15, 0.2) is 72.8 Å². The van der Waals surface area contributed by atoms with Crippen molar-refractivity contribution in [3.8, 4) is 5.75 Å². The quantitative estimate of drug-likeness (QED) is 0.368. The summed E-state index contributed by atoms with van der Waals surface area (Å²) in [5, 5.41) is 0. The molecule has 0 aliphatic carbocycles. The third kappa shape index (κ3) is 6.13. The minimum atomic E-state index is 0.490. The first kappa shape index (κ1) is 22.0. The van der Waals surface area contributed by atoms with E-state index in [0.717, 1.165) is 25.0 Å². The van der Waals surface area contributed by atoms with Crippen LogP contribution in [0.3, 0.4) is 0 Å². The van der Waals surface area contributed by atoms with E-state index in [-0.39, 0.29) is 0 Å². The molecule has 157 valence electrons.